The lowest BCUT2D eigenvalue weighted by atomic mass is 9.91. The van der Waals surface area contributed by atoms with Crippen LogP contribution in [-0.4, -0.2) is 43.6 Å². The summed E-state index contributed by atoms with van der Waals surface area (Å²) in [6.45, 7) is 2.33. The maximum atomic E-state index is 13.4. The van der Waals surface area contributed by atoms with Crippen LogP contribution in [0, 0.1) is 11.7 Å². The quantitative estimate of drug-likeness (QED) is 0.757. The highest BCUT2D eigenvalue weighted by molar-refractivity contribution is 5.79. The lowest BCUT2D eigenvalue weighted by Gasteiger charge is -2.34. The third-order valence-electron chi connectivity index (χ3n) is 5.95. The smallest absolute Gasteiger partial charge is 0.226 e. The fraction of sp³-hybridized carbons (Fsp3) is 0.450. The number of fused-ring (bicyclic) bond motifs is 2. The number of hydrogen-bond acceptors (Lipinski definition) is 3. The molecule has 0 bridgehead atoms. The predicted octanol–water partition coefficient (Wildman–Crippen LogP) is 2.87. The lowest BCUT2D eigenvalue weighted by Crippen LogP contribution is -2.43. The zero-order chi connectivity index (χ0) is 18.4. The Morgan fingerprint density at radius 1 is 1.15 bits per heavy atom. The number of carbonyl (C=O) groups is 1. The SMILES string of the molecule is O=C(C1CCn2nccc2C1)N1CCC(c2nc3ccc(F)cc3[nH]2)CC1. The standard InChI is InChI=1S/C20H22FN5O/c21-15-1-2-17-18(12-15)24-19(23-17)13-4-8-25(9-5-13)20(27)14-6-10-26-16(11-14)3-7-22-26/h1-3,7,12-14H,4-6,8-11H2,(H,23,24). The molecule has 2 aliphatic heterocycles. The van der Waals surface area contributed by atoms with Crippen molar-refractivity contribution in [3.8, 4) is 0 Å². The van der Waals surface area contributed by atoms with Crippen LogP contribution >= 0.6 is 0 Å². The van der Waals surface area contributed by atoms with E-state index in [0.717, 1.165) is 67.9 Å². The Morgan fingerprint density at radius 2 is 2.00 bits per heavy atom. The molecule has 5 rings (SSSR count). The molecule has 7 heteroatoms. The summed E-state index contributed by atoms with van der Waals surface area (Å²) in [7, 11) is 0. The number of likely N-dealkylation sites (tertiary alicyclic amines) is 1. The monoisotopic (exact) mass is 367 g/mol. The van der Waals surface area contributed by atoms with Crippen LogP contribution in [0.2, 0.25) is 0 Å². The molecular formula is C20H22FN5O. The van der Waals surface area contributed by atoms with E-state index in [9.17, 15) is 9.18 Å². The van der Waals surface area contributed by atoms with E-state index in [1.165, 1.54) is 12.1 Å². The average Bonchev–Trinajstić information content (AvgIpc) is 3.33. The second kappa shape index (κ2) is 6.48. The maximum Gasteiger partial charge on any atom is 0.226 e. The summed E-state index contributed by atoms with van der Waals surface area (Å²) >= 11 is 0. The van der Waals surface area contributed by atoms with E-state index in [4.69, 9.17) is 0 Å². The molecule has 27 heavy (non-hydrogen) atoms. The normalized spacial score (nSPS) is 20.8. The average molecular weight is 367 g/mol. The van der Waals surface area contributed by atoms with Gasteiger partial charge in [0.1, 0.15) is 11.6 Å². The van der Waals surface area contributed by atoms with Crippen LogP contribution in [0.25, 0.3) is 11.0 Å². The van der Waals surface area contributed by atoms with Gasteiger partial charge in [-0.2, -0.15) is 5.10 Å². The molecule has 0 aliphatic carbocycles. The van der Waals surface area contributed by atoms with E-state index in [2.05, 4.69) is 15.1 Å². The molecule has 6 nitrogen and oxygen atoms in total. The van der Waals surface area contributed by atoms with Gasteiger partial charge in [0.15, 0.2) is 0 Å². The van der Waals surface area contributed by atoms with Crippen molar-refractivity contribution in [2.75, 3.05) is 13.1 Å². The first-order valence-corrected chi connectivity index (χ1v) is 9.62. The Labute approximate surface area is 156 Å². The lowest BCUT2D eigenvalue weighted by molar-refractivity contribution is -0.137. The number of aromatic nitrogens is 4. The number of aryl methyl sites for hydroxylation is 1. The number of carbonyl (C=O) groups excluding carboxylic acids is 1. The molecule has 2 aromatic heterocycles. The molecule has 0 spiro atoms. The Morgan fingerprint density at radius 3 is 2.85 bits per heavy atom. The zero-order valence-corrected chi connectivity index (χ0v) is 15.1. The number of benzene rings is 1. The van der Waals surface area contributed by atoms with E-state index in [1.54, 1.807) is 6.07 Å². The number of nitrogens with zero attached hydrogens (tertiary/aromatic N) is 4. The van der Waals surface area contributed by atoms with Crippen molar-refractivity contribution in [1.29, 1.82) is 0 Å². The van der Waals surface area contributed by atoms with Gasteiger partial charge in [-0.15, -0.1) is 0 Å². The van der Waals surface area contributed by atoms with Gasteiger partial charge in [-0.3, -0.25) is 9.48 Å². The van der Waals surface area contributed by atoms with E-state index in [0.29, 0.717) is 0 Å². The fourth-order valence-electron chi connectivity index (χ4n) is 4.40. The van der Waals surface area contributed by atoms with Gasteiger partial charge in [-0.1, -0.05) is 0 Å². The first kappa shape index (κ1) is 16.5. The highest BCUT2D eigenvalue weighted by Gasteiger charge is 2.32. The summed E-state index contributed by atoms with van der Waals surface area (Å²) in [5, 5.41) is 4.29. The number of nitrogens with one attached hydrogen (secondary N) is 1. The van der Waals surface area contributed by atoms with Crippen LogP contribution in [0.1, 0.15) is 36.7 Å². The number of piperidine rings is 1. The van der Waals surface area contributed by atoms with Gasteiger partial charge in [-0.25, -0.2) is 9.37 Å². The van der Waals surface area contributed by atoms with E-state index in [-0.39, 0.29) is 23.6 Å². The number of H-pyrrole nitrogens is 1. The molecular weight excluding hydrogens is 345 g/mol. The summed E-state index contributed by atoms with van der Waals surface area (Å²) in [4.78, 5) is 22.8. The number of hydrogen-bond donors (Lipinski definition) is 1. The summed E-state index contributed by atoms with van der Waals surface area (Å²) in [5.74, 6) is 1.28. The number of halogens is 1. The van der Waals surface area contributed by atoms with Crippen molar-refractivity contribution in [1.82, 2.24) is 24.6 Å². The molecule has 1 saturated heterocycles. The minimum absolute atomic E-state index is 0.0694. The Hall–Kier alpha value is -2.70. The minimum Gasteiger partial charge on any atom is -0.342 e. The molecule has 1 aromatic carbocycles. The number of rotatable bonds is 2. The van der Waals surface area contributed by atoms with E-state index >= 15 is 0 Å². The topological polar surface area (TPSA) is 66.8 Å². The van der Waals surface area contributed by atoms with Gasteiger partial charge in [0.25, 0.3) is 0 Å². The fourth-order valence-corrected chi connectivity index (χ4v) is 4.40. The molecule has 1 unspecified atom stereocenters. The summed E-state index contributed by atoms with van der Waals surface area (Å²) in [6, 6.07) is 6.63. The Kier molecular flexibility index (Phi) is 3.95. The van der Waals surface area contributed by atoms with Crippen LogP contribution in [0.3, 0.4) is 0 Å². The molecule has 2 aliphatic rings. The number of aromatic amines is 1. The zero-order valence-electron chi connectivity index (χ0n) is 15.1. The van der Waals surface area contributed by atoms with Crippen molar-refractivity contribution in [2.45, 2.75) is 38.1 Å². The first-order valence-electron chi connectivity index (χ1n) is 9.62. The van der Waals surface area contributed by atoms with Crippen LogP contribution < -0.4 is 0 Å². The van der Waals surface area contributed by atoms with Crippen LogP contribution in [0.5, 0.6) is 0 Å². The second-order valence-electron chi connectivity index (χ2n) is 7.62. The molecule has 4 heterocycles. The maximum absolute atomic E-state index is 13.4. The molecule has 1 N–H and O–H groups in total. The summed E-state index contributed by atoms with van der Waals surface area (Å²) in [5.41, 5.74) is 2.69. The molecule has 140 valence electrons. The van der Waals surface area contributed by atoms with Crippen LogP contribution in [0.15, 0.2) is 30.5 Å². The van der Waals surface area contributed by atoms with Gasteiger partial charge >= 0.3 is 0 Å². The molecule has 3 aromatic rings. The highest BCUT2D eigenvalue weighted by Crippen LogP contribution is 2.30. The molecule has 1 atom stereocenters. The summed E-state index contributed by atoms with van der Waals surface area (Å²) in [6.07, 6.45) is 5.24. The van der Waals surface area contributed by atoms with Gasteiger partial charge in [-0.05, 0) is 43.5 Å². The number of imidazole rings is 1. The molecule has 1 fully saturated rings. The third kappa shape index (κ3) is 3.01. The third-order valence-corrected chi connectivity index (χ3v) is 5.95. The van der Waals surface area contributed by atoms with Crippen LogP contribution in [-0.2, 0) is 17.8 Å². The highest BCUT2D eigenvalue weighted by atomic mass is 19.1. The predicted molar refractivity (Wildman–Crippen MR) is 98.6 cm³/mol. The Balaban J connectivity index is 1.24. The van der Waals surface area contributed by atoms with Gasteiger partial charge in [0.05, 0.1) is 11.0 Å². The Bertz CT molecular complexity index is 985. The van der Waals surface area contributed by atoms with Gasteiger partial charge < -0.3 is 9.88 Å². The minimum atomic E-state index is -0.257. The molecule has 0 saturated carbocycles. The summed E-state index contributed by atoms with van der Waals surface area (Å²) < 4.78 is 15.4. The first-order chi connectivity index (χ1) is 13.2. The molecule has 1 amide bonds. The van der Waals surface area contributed by atoms with Crippen LogP contribution in [0.4, 0.5) is 4.39 Å². The van der Waals surface area contributed by atoms with E-state index < -0.39 is 0 Å². The largest absolute Gasteiger partial charge is 0.342 e. The van der Waals surface area contributed by atoms with Gasteiger partial charge in [0.2, 0.25) is 5.91 Å². The van der Waals surface area contributed by atoms with Crippen molar-refractivity contribution in [3.05, 3.63) is 47.8 Å². The van der Waals surface area contributed by atoms with Crippen molar-refractivity contribution < 1.29 is 9.18 Å². The molecule has 0 radical (unpaired) electrons. The van der Waals surface area contributed by atoms with Gasteiger partial charge in [0, 0.05) is 49.8 Å². The second-order valence-corrected chi connectivity index (χ2v) is 7.62. The van der Waals surface area contributed by atoms with E-state index in [1.807, 2.05) is 21.8 Å². The van der Waals surface area contributed by atoms with Crippen molar-refractivity contribution in [3.63, 3.8) is 0 Å². The van der Waals surface area contributed by atoms with Crippen molar-refractivity contribution >= 4 is 16.9 Å². The number of amides is 1. The van der Waals surface area contributed by atoms with Crippen molar-refractivity contribution in [2.24, 2.45) is 5.92 Å².